The van der Waals surface area contributed by atoms with E-state index in [9.17, 15) is 24.3 Å². The lowest BCUT2D eigenvalue weighted by molar-refractivity contribution is -0.146. The first-order chi connectivity index (χ1) is 14.8. The van der Waals surface area contributed by atoms with E-state index in [1.165, 1.54) is 4.90 Å². The second-order valence-corrected chi connectivity index (χ2v) is 9.34. The number of anilines is 1. The molecule has 31 heavy (non-hydrogen) atoms. The standard InChI is InChI=1S/C23H27N3O5/c1-12-7-8-15-14(11-12)23(22(31)24-15)19-18(16(25-23)9-10-17(27)28)20(29)26(21(19)30)13-5-3-2-4-6-13/h7-8,11,13,16,18-19,25H,2-6,9-10H2,1H3,(H,24,31)(H,27,28)/t16-,18+,19+,23-/m0/s1. The first kappa shape index (κ1) is 20.2. The van der Waals surface area contributed by atoms with Crippen LogP contribution in [0.25, 0.3) is 0 Å². The maximum absolute atomic E-state index is 13.8. The number of benzene rings is 1. The number of amides is 3. The number of aryl methyl sites for hydroxylation is 1. The van der Waals surface area contributed by atoms with Gasteiger partial charge in [0, 0.05) is 29.8 Å². The molecule has 8 nitrogen and oxygen atoms in total. The lowest BCUT2D eigenvalue weighted by Crippen LogP contribution is -2.54. The molecule has 0 bridgehead atoms. The highest BCUT2D eigenvalue weighted by atomic mass is 16.4. The summed E-state index contributed by atoms with van der Waals surface area (Å²) < 4.78 is 0. The van der Waals surface area contributed by atoms with Gasteiger partial charge in [-0.2, -0.15) is 0 Å². The molecule has 3 aliphatic heterocycles. The van der Waals surface area contributed by atoms with E-state index in [1.807, 2.05) is 25.1 Å². The maximum atomic E-state index is 13.8. The summed E-state index contributed by atoms with van der Waals surface area (Å²) in [5.74, 6) is -3.44. The van der Waals surface area contributed by atoms with Gasteiger partial charge in [0.2, 0.25) is 17.7 Å². The Balaban J connectivity index is 1.60. The van der Waals surface area contributed by atoms with Crippen molar-refractivity contribution in [3.05, 3.63) is 29.3 Å². The van der Waals surface area contributed by atoms with Crippen LogP contribution in [0.3, 0.4) is 0 Å². The van der Waals surface area contributed by atoms with Crippen LogP contribution in [-0.4, -0.2) is 45.8 Å². The number of carbonyl (C=O) groups is 4. The Bertz CT molecular complexity index is 985. The quantitative estimate of drug-likeness (QED) is 0.635. The molecule has 0 aromatic heterocycles. The van der Waals surface area contributed by atoms with Crippen LogP contribution in [-0.2, 0) is 24.7 Å². The summed E-state index contributed by atoms with van der Waals surface area (Å²) in [7, 11) is 0. The lowest BCUT2D eigenvalue weighted by atomic mass is 9.76. The van der Waals surface area contributed by atoms with E-state index in [0.717, 1.165) is 37.7 Å². The predicted octanol–water partition coefficient (Wildman–Crippen LogP) is 1.91. The molecule has 1 aliphatic carbocycles. The fourth-order valence-corrected chi connectivity index (χ4v) is 6.16. The highest BCUT2D eigenvalue weighted by molar-refractivity contribution is 6.15. The molecule has 164 valence electrons. The second kappa shape index (κ2) is 7.15. The van der Waals surface area contributed by atoms with Gasteiger partial charge in [-0.3, -0.25) is 29.4 Å². The molecular weight excluding hydrogens is 398 g/mol. The van der Waals surface area contributed by atoms with E-state index < -0.39 is 29.4 Å². The van der Waals surface area contributed by atoms with Crippen molar-refractivity contribution in [3.63, 3.8) is 0 Å². The Morgan fingerprint density at radius 2 is 1.90 bits per heavy atom. The Morgan fingerprint density at radius 1 is 1.16 bits per heavy atom. The Labute approximate surface area is 180 Å². The van der Waals surface area contributed by atoms with E-state index >= 15 is 0 Å². The van der Waals surface area contributed by atoms with E-state index in [0.29, 0.717) is 11.3 Å². The number of nitrogens with zero attached hydrogens (tertiary/aromatic N) is 1. The van der Waals surface area contributed by atoms with Gasteiger partial charge in [-0.1, -0.05) is 37.0 Å². The number of imide groups is 1. The maximum Gasteiger partial charge on any atom is 0.303 e. The average molecular weight is 425 g/mol. The summed E-state index contributed by atoms with van der Waals surface area (Å²) in [6.07, 6.45) is 4.69. The number of rotatable bonds is 4. The third kappa shape index (κ3) is 2.84. The van der Waals surface area contributed by atoms with E-state index in [1.54, 1.807) is 0 Å². The summed E-state index contributed by atoms with van der Waals surface area (Å²) in [4.78, 5) is 53.3. The van der Waals surface area contributed by atoms with Crippen LogP contribution in [0.2, 0.25) is 0 Å². The number of fused-ring (bicyclic) bond motifs is 4. The van der Waals surface area contributed by atoms with Crippen LogP contribution >= 0.6 is 0 Å². The Hall–Kier alpha value is -2.74. The molecule has 3 amide bonds. The van der Waals surface area contributed by atoms with Crippen molar-refractivity contribution in [2.24, 2.45) is 11.8 Å². The smallest absolute Gasteiger partial charge is 0.303 e. The zero-order valence-electron chi connectivity index (χ0n) is 17.5. The minimum absolute atomic E-state index is 0.127. The first-order valence-corrected chi connectivity index (χ1v) is 11.1. The monoisotopic (exact) mass is 425 g/mol. The summed E-state index contributed by atoms with van der Waals surface area (Å²) >= 11 is 0. The van der Waals surface area contributed by atoms with Gasteiger partial charge in [0.05, 0.1) is 11.8 Å². The zero-order valence-corrected chi connectivity index (χ0v) is 17.5. The number of hydrogen-bond acceptors (Lipinski definition) is 5. The molecule has 0 unspecified atom stereocenters. The molecule has 1 saturated carbocycles. The molecule has 8 heteroatoms. The van der Waals surface area contributed by atoms with Crippen LogP contribution in [0, 0.1) is 18.8 Å². The molecule has 1 spiro atoms. The summed E-state index contributed by atoms with van der Waals surface area (Å²) in [5.41, 5.74) is 0.919. The van der Waals surface area contributed by atoms with E-state index in [2.05, 4.69) is 10.6 Å². The van der Waals surface area contributed by atoms with Gasteiger partial charge >= 0.3 is 5.97 Å². The topological polar surface area (TPSA) is 116 Å². The molecule has 1 aromatic carbocycles. The first-order valence-electron chi connectivity index (χ1n) is 11.1. The molecule has 2 saturated heterocycles. The molecule has 3 N–H and O–H groups in total. The van der Waals surface area contributed by atoms with Crippen molar-refractivity contribution in [2.75, 3.05) is 5.32 Å². The van der Waals surface area contributed by atoms with Crippen LogP contribution in [0.5, 0.6) is 0 Å². The number of carboxylic acid groups (broad SMARTS) is 1. The molecule has 0 radical (unpaired) electrons. The van der Waals surface area contributed by atoms with Crippen LogP contribution in [0.15, 0.2) is 18.2 Å². The Kier molecular flexibility index (Phi) is 4.66. The van der Waals surface area contributed by atoms with Crippen molar-refractivity contribution < 1.29 is 24.3 Å². The molecule has 4 aliphatic rings. The van der Waals surface area contributed by atoms with Crippen molar-refractivity contribution in [2.45, 2.75) is 69.5 Å². The molecule has 4 atom stereocenters. The average Bonchev–Trinajstić information content (AvgIpc) is 3.32. The summed E-state index contributed by atoms with van der Waals surface area (Å²) in [6.45, 7) is 1.92. The molecule has 3 fully saturated rings. The fraction of sp³-hybridized carbons (Fsp3) is 0.565. The van der Waals surface area contributed by atoms with Gasteiger partial charge in [0.25, 0.3) is 0 Å². The molecular formula is C23H27N3O5. The predicted molar refractivity (Wildman–Crippen MR) is 111 cm³/mol. The SMILES string of the molecule is Cc1ccc2c(c1)[C@@]1(N[C@@H](CCC(=O)O)[C@H]3C(=O)N(C4CCCCC4)C(=O)[C@@H]31)C(=O)N2. The van der Waals surface area contributed by atoms with Gasteiger partial charge < -0.3 is 10.4 Å². The minimum Gasteiger partial charge on any atom is -0.481 e. The van der Waals surface area contributed by atoms with E-state index in [-0.39, 0.29) is 36.6 Å². The zero-order chi connectivity index (χ0) is 21.9. The normalized spacial score (nSPS) is 32.5. The number of carboxylic acids is 1. The van der Waals surface area contributed by atoms with Crippen molar-refractivity contribution in [1.29, 1.82) is 0 Å². The van der Waals surface area contributed by atoms with Crippen molar-refractivity contribution in [3.8, 4) is 0 Å². The summed E-state index contributed by atoms with van der Waals surface area (Å²) in [6, 6.07) is 4.92. The third-order valence-electron chi connectivity index (χ3n) is 7.51. The highest BCUT2D eigenvalue weighted by Gasteiger charge is 2.70. The number of nitrogens with one attached hydrogen (secondary N) is 2. The van der Waals surface area contributed by atoms with Gasteiger partial charge in [0.1, 0.15) is 5.54 Å². The minimum atomic E-state index is -1.34. The number of aliphatic carboxylic acids is 1. The second-order valence-electron chi connectivity index (χ2n) is 9.34. The Morgan fingerprint density at radius 3 is 2.61 bits per heavy atom. The lowest BCUT2D eigenvalue weighted by Gasteiger charge is -2.34. The van der Waals surface area contributed by atoms with Gasteiger partial charge in [-0.15, -0.1) is 0 Å². The highest BCUT2D eigenvalue weighted by Crippen LogP contribution is 2.54. The molecule has 3 heterocycles. The third-order valence-corrected chi connectivity index (χ3v) is 7.51. The van der Waals surface area contributed by atoms with Gasteiger partial charge in [0.15, 0.2) is 0 Å². The van der Waals surface area contributed by atoms with Crippen molar-refractivity contribution >= 4 is 29.4 Å². The number of carbonyl (C=O) groups excluding carboxylic acids is 3. The van der Waals surface area contributed by atoms with E-state index in [4.69, 9.17) is 0 Å². The van der Waals surface area contributed by atoms with Crippen molar-refractivity contribution in [1.82, 2.24) is 10.2 Å². The summed E-state index contributed by atoms with van der Waals surface area (Å²) in [5, 5.41) is 15.4. The van der Waals surface area contributed by atoms with Gasteiger partial charge in [-0.25, -0.2) is 0 Å². The van der Waals surface area contributed by atoms with Crippen LogP contribution < -0.4 is 10.6 Å². The molecule has 1 aromatic rings. The van der Waals surface area contributed by atoms with Gasteiger partial charge in [-0.05, 0) is 32.3 Å². The number of hydrogen-bond donors (Lipinski definition) is 3. The van der Waals surface area contributed by atoms with Crippen LogP contribution in [0.4, 0.5) is 5.69 Å². The largest absolute Gasteiger partial charge is 0.481 e. The molecule has 5 rings (SSSR count). The number of likely N-dealkylation sites (tertiary alicyclic amines) is 1. The van der Waals surface area contributed by atoms with Crippen LogP contribution in [0.1, 0.15) is 56.1 Å². The fourth-order valence-electron chi connectivity index (χ4n) is 6.16.